The highest BCUT2D eigenvalue weighted by molar-refractivity contribution is 8.12. The topological polar surface area (TPSA) is 53.3 Å². The number of hydrogen-bond acceptors (Lipinski definition) is 5. The van der Waals surface area contributed by atoms with Crippen molar-refractivity contribution in [1.82, 2.24) is 3.71 Å². The van der Waals surface area contributed by atoms with Gasteiger partial charge >= 0.3 is 6.09 Å². The second kappa shape index (κ2) is 6.30. The maximum absolute atomic E-state index is 11.5. The van der Waals surface area contributed by atoms with Crippen LogP contribution in [0.25, 0.3) is 0 Å². The monoisotopic (exact) mass is 254 g/mol. The molecular formula is C10H10N2O2S2. The number of carbonyl (C=O) groups is 1. The van der Waals surface area contributed by atoms with E-state index in [1.54, 1.807) is 36.8 Å². The molecule has 0 bridgehead atoms. The Kier molecular flexibility index (Phi) is 5.02. The zero-order valence-corrected chi connectivity index (χ0v) is 10.5. The molecule has 1 aromatic rings. The number of hydrogen-bond donors (Lipinski definition) is 0. The number of carbonyl (C=O) groups excluding carboxylic acids is 1. The number of nitrogens with zero attached hydrogens (tertiary/aromatic N) is 2. The molecule has 4 nitrogen and oxygen atoms in total. The van der Waals surface area contributed by atoms with E-state index in [4.69, 9.17) is 10.00 Å². The molecule has 0 aliphatic rings. The molecule has 0 heterocycles. The zero-order chi connectivity index (χ0) is 12.0. The fraction of sp³-hybridized carbons (Fsp3) is 0.200. The molecule has 0 aromatic heterocycles. The summed E-state index contributed by atoms with van der Waals surface area (Å²) in [5.41, 5.74) is 0.534. The summed E-state index contributed by atoms with van der Waals surface area (Å²) in [6.07, 6.45) is 3.14. The smallest absolute Gasteiger partial charge is 0.409 e. The number of ether oxygens (including phenoxy) is 1. The highest BCUT2D eigenvalue weighted by Gasteiger charge is 2.13. The van der Waals surface area contributed by atoms with Crippen LogP contribution in [-0.2, 0) is 0 Å². The molecule has 16 heavy (non-hydrogen) atoms. The summed E-state index contributed by atoms with van der Waals surface area (Å²) in [4.78, 5) is 11.5. The molecule has 6 heteroatoms. The van der Waals surface area contributed by atoms with Crippen molar-refractivity contribution in [2.75, 3.05) is 12.5 Å². The van der Waals surface area contributed by atoms with E-state index in [9.17, 15) is 4.79 Å². The van der Waals surface area contributed by atoms with Gasteiger partial charge in [-0.3, -0.25) is 0 Å². The molecule has 0 unspecified atom stereocenters. The maximum atomic E-state index is 11.5. The van der Waals surface area contributed by atoms with Crippen LogP contribution in [0.3, 0.4) is 0 Å². The standard InChI is InChI=1S/C10H10N2O2S2/c1-15-12(16-2)10(13)14-9-5-3-8(7-11)4-6-9/h3-6H,1-2H3. The summed E-state index contributed by atoms with van der Waals surface area (Å²) in [7, 11) is 0. The number of nitriles is 1. The first-order valence-electron chi connectivity index (χ1n) is 4.31. The molecule has 0 saturated carbocycles. The average Bonchev–Trinajstić information content (AvgIpc) is 2.31. The summed E-state index contributed by atoms with van der Waals surface area (Å²) in [5, 5.41) is 8.60. The van der Waals surface area contributed by atoms with Gasteiger partial charge in [-0.05, 0) is 48.2 Å². The molecule has 0 aliphatic heterocycles. The lowest BCUT2D eigenvalue weighted by molar-refractivity contribution is 0.197. The van der Waals surface area contributed by atoms with Crippen LogP contribution >= 0.6 is 23.9 Å². The van der Waals surface area contributed by atoms with Crippen molar-refractivity contribution in [2.45, 2.75) is 0 Å². The number of benzene rings is 1. The van der Waals surface area contributed by atoms with Crippen LogP contribution in [0.1, 0.15) is 5.56 Å². The Morgan fingerprint density at radius 1 is 1.31 bits per heavy atom. The molecule has 1 amide bonds. The predicted octanol–water partition coefficient (Wildman–Crippen LogP) is 2.92. The molecule has 0 radical (unpaired) electrons. The van der Waals surface area contributed by atoms with E-state index in [2.05, 4.69) is 0 Å². The molecule has 0 saturated heterocycles. The van der Waals surface area contributed by atoms with E-state index in [-0.39, 0.29) is 0 Å². The van der Waals surface area contributed by atoms with Crippen LogP contribution in [0.4, 0.5) is 4.79 Å². The molecule has 0 aliphatic carbocycles. The van der Waals surface area contributed by atoms with E-state index in [0.29, 0.717) is 11.3 Å². The maximum Gasteiger partial charge on any atom is 0.435 e. The molecule has 0 atom stereocenters. The number of amides is 1. The molecule has 0 N–H and O–H groups in total. The van der Waals surface area contributed by atoms with Crippen molar-refractivity contribution >= 4 is 30.0 Å². The summed E-state index contributed by atoms with van der Waals surface area (Å²) in [6.45, 7) is 0. The van der Waals surface area contributed by atoms with Gasteiger partial charge in [0, 0.05) is 12.5 Å². The van der Waals surface area contributed by atoms with Crippen LogP contribution in [0.5, 0.6) is 5.75 Å². The van der Waals surface area contributed by atoms with E-state index in [1.165, 1.54) is 27.6 Å². The van der Waals surface area contributed by atoms with Gasteiger partial charge in [0.15, 0.2) is 0 Å². The second-order valence-electron chi connectivity index (χ2n) is 2.63. The normalized spacial score (nSPS) is 9.31. The quantitative estimate of drug-likeness (QED) is 0.776. The third-order valence-electron chi connectivity index (χ3n) is 1.67. The molecule has 0 fully saturated rings. The van der Waals surface area contributed by atoms with Crippen LogP contribution in [0, 0.1) is 11.3 Å². The Hall–Kier alpha value is -1.32. The van der Waals surface area contributed by atoms with Crippen LogP contribution in [0.15, 0.2) is 24.3 Å². The van der Waals surface area contributed by atoms with Gasteiger partial charge in [-0.1, -0.05) is 0 Å². The van der Waals surface area contributed by atoms with Gasteiger partial charge in [-0.2, -0.15) is 8.97 Å². The molecular weight excluding hydrogens is 244 g/mol. The van der Waals surface area contributed by atoms with Crippen molar-refractivity contribution in [3.63, 3.8) is 0 Å². The van der Waals surface area contributed by atoms with Crippen LogP contribution in [0.2, 0.25) is 0 Å². The predicted molar refractivity (Wildman–Crippen MR) is 66.1 cm³/mol. The first kappa shape index (κ1) is 12.7. The minimum Gasteiger partial charge on any atom is -0.409 e. The first-order valence-corrected chi connectivity index (χ1v) is 6.68. The lowest BCUT2D eigenvalue weighted by atomic mass is 10.2. The zero-order valence-electron chi connectivity index (χ0n) is 8.84. The van der Waals surface area contributed by atoms with Gasteiger partial charge in [0.2, 0.25) is 0 Å². The lowest BCUT2D eigenvalue weighted by Crippen LogP contribution is -2.20. The van der Waals surface area contributed by atoms with Crippen molar-refractivity contribution in [3.05, 3.63) is 29.8 Å². The van der Waals surface area contributed by atoms with Crippen molar-refractivity contribution in [2.24, 2.45) is 0 Å². The minimum absolute atomic E-state index is 0.428. The van der Waals surface area contributed by atoms with Crippen molar-refractivity contribution in [1.29, 1.82) is 5.26 Å². The van der Waals surface area contributed by atoms with Crippen LogP contribution < -0.4 is 4.74 Å². The summed E-state index contributed by atoms with van der Waals surface area (Å²) < 4.78 is 6.51. The van der Waals surface area contributed by atoms with Gasteiger partial charge in [0.1, 0.15) is 5.75 Å². The van der Waals surface area contributed by atoms with E-state index in [0.717, 1.165) is 0 Å². The van der Waals surface area contributed by atoms with Gasteiger partial charge in [0.05, 0.1) is 11.6 Å². The fourth-order valence-electron chi connectivity index (χ4n) is 0.959. The lowest BCUT2D eigenvalue weighted by Gasteiger charge is -2.14. The molecule has 1 aromatic carbocycles. The average molecular weight is 254 g/mol. The fourth-order valence-corrected chi connectivity index (χ4v) is 1.93. The third-order valence-corrected chi connectivity index (χ3v) is 3.53. The number of rotatable bonds is 3. The Bertz CT molecular complexity index is 396. The summed E-state index contributed by atoms with van der Waals surface area (Å²) in [5.74, 6) is 0.428. The van der Waals surface area contributed by atoms with Gasteiger partial charge in [-0.15, -0.1) is 0 Å². The van der Waals surface area contributed by atoms with Gasteiger partial charge < -0.3 is 4.74 Å². The Morgan fingerprint density at radius 2 is 1.88 bits per heavy atom. The van der Waals surface area contributed by atoms with Gasteiger partial charge in [0.25, 0.3) is 0 Å². The largest absolute Gasteiger partial charge is 0.435 e. The third kappa shape index (κ3) is 3.36. The molecule has 0 spiro atoms. The van der Waals surface area contributed by atoms with E-state index < -0.39 is 6.09 Å². The highest BCUT2D eigenvalue weighted by Crippen LogP contribution is 2.20. The Labute approximate surface area is 103 Å². The second-order valence-corrected chi connectivity index (χ2v) is 4.32. The highest BCUT2D eigenvalue weighted by atomic mass is 32.2. The minimum atomic E-state index is -0.440. The summed E-state index contributed by atoms with van der Waals surface area (Å²) in [6, 6.07) is 8.38. The Morgan fingerprint density at radius 3 is 2.31 bits per heavy atom. The van der Waals surface area contributed by atoms with Gasteiger partial charge in [-0.25, -0.2) is 4.79 Å². The van der Waals surface area contributed by atoms with Crippen molar-refractivity contribution < 1.29 is 9.53 Å². The van der Waals surface area contributed by atoms with Crippen molar-refractivity contribution in [3.8, 4) is 11.8 Å². The molecule has 1 rings (SSSR count). The molecule has 84 valence electrons. The summed E-state index contributed by atoms with van der Waals surface area (Å²) >= 11 is 2.55. The van der Waals surface area contributed by atoms with E-state index >= 15 is 0 Å². The first-order chi connectivity index (χ1) is 7.71. The van der Waals surface area contributed by atoms with E-state index in [1.807, 2.05) is 6.07 Å². The SMILES string of the molecule is CSN(SC)C(=O)Oc1ccc(C#N)cc1. The Balaban J connectivity index is 2.66. The van der Waals surface area contributed by atoms with Crippen LogP contribution in [-0.4, -0.2) is 22.3 Å².